The van der Waals surface area contributed by atoms with Crippen molar-refractivity contribution in [3.05, 3.63) is 11.1 Å². The van der Waals surface area contributed by atoms with E-state index in [9.17, 15) is 14.7 Å². The second kappa shape index (κ2) is 4.37. The van der Waals surface area contributed by atoms with Crippen molar-refractivity contribution in [1.29, 1.82) is 0 Å². The van der Waals surface area contributed by atoms with Crippen molar-refractivity contribution in [2.45, 2.75) is 39.2 Å². The molecule has 1 rings (SSSR count). The van der Waals surface area contributed by atoms with Crippen molar-refractivity contribution in [3.63, 3.8) is 0 Å². The van der Waals surface area contributed by atoms with E-state index in [2.05, 4.69) is 5.32 Å². The van der Waals surface area contributed by atoms with Crippen LogP contribution in [0.1, 0.15) is 33.1 Å². The van der Waals surface area contributed by atoms with E-state index < -0.39 is 12.0 Å². The van der Waals surface area contributed by atoms with Crippen molar-refractivity contribution < 1.29 is 14.7 Å². The molecule has 0 saturated heterocycles. The Hall–Kier alpha value is -1.16. The normalized spacial score (nSPS) is 18.8. The SMILES string of the molecule is CCCC1=C(C(O)CC)C(=O)NC1=O. The minimum Gasteiger partial charge on any atom is -0.388 e. The van der Waals surface area contributed by atoms with E-state index in [1.807, 2.05) is 6.92 Å². The first-order valence-electron chi connectivity index (χ1n) is 4.88. The zero-order chi connectivity index (χ0) is 10.7. The van der Waals surface area contributed by atoms with E-state index in [0.717, 1.165) is 6.42 Å². The molecule has 2 amide bonds. The largest absolute Gasteiger partial charge is 0.388 e. The van der Waals surface area contributed by atoms with Crippen molar-refractivity contribution in [2.24, 2.45) is 0 Å². The fourth-order valence-corrected chi connectivity index (χ4v) is 1.56. The minimum absolute atomic E-state index is 0.263. The first-order chi connectivity index (χ1) is 6.61. The lowest BCUT2D eigenvalue weighted by Gasteiger charge is -2.08. The van der Waals surface area contributed by atoms with Crippen LogP contribution in [0.25, 0.3) is 0 Å². The number of aliphatic hydroxyl groups is 1. The third-order valence-corrected chi connectivity index (χ3v) is 2.29. The van der Waals surface area contributed by atoms with Crippen LogP contribution in [0.15, 0.2) is 11.1 Å². The second-order valence-corrected chi connectivity index (χ2v) is 3.35. The van der Waals surface area contributed by atoms with Gasteiger partial charge < -0.3 is 5.11 Å². The van der Waals surface area contributed by atoms with Gasteiger partial charge in [-0.15, -0.1) is 0 Å². The number of imide groups is 1. The van der Waals surface area contributed by atoms with Crippen LogP contribution in [-0.2, 0) is 9.59 Å². The van der Waals surface area contributed by atoms with Gasteiger partial charge in [0.2, 0.25) is 0 Å². The molecule has 4 heteroatoms. The number of carbonyl (C=O) groups is 2. The number of nitrogens with one attached hydrogen (secondary N) is 1. The highest BCUT2D eigenvalue weighted by Crippen LogP contribution is 2.21. The highest BCUT2D eigenvalue weighted by atomic mass is 16.3. The number of carbonyl (C=O) groups excluding carboxylic acids is 2. The quantitative estimate of drug-likeness (QED) is 0.645. The molecule has 2 N–H and O–H groups in total. The molecular formula is C10H15NO3. The fraction of sp³-hybridized carbons (Fsp3) is 0.600. The van der Waals surface area contributed by atoms with Crippen LogP contribution >= 0.6 is 0 Å². The van der Waals surface area contributed by atoms with Gasteiger partial charge in [0.05, 0.1) is 11.7 Å². The van der Waals surface area contributed by atoms with E-state index in [1.54, 1.807) is 6.92 Å². The van der Waals surface area contributed by atoms with E-state index in [-0.39, 0.29) is 11.5 Å². The summed E-state index contributed by atoms with van der Waals surface area (Å²) in [6.07, 6.45) is 0.964. The molecule has 1 aliphatic heterocycles. The fourth-order valence-electron chi connectivity index (χ4n) is 1.56. The maximum absolute atomic E-state index is 11.3. The zero-order valence-corrected chi connectivity index (χ0v) is 8.46. The Labute approximate surface area is 83.0 Å². The summed E-state index contributed by atoms with van der Waals surface area (Å²) in [5.74, 6) is -0.785. The van der Waals surface area contributed by atoms with Crippen LogP contribution in [0.4, 0.5) is 0 Å². The average Bonchev–Trinajstić information content (AvgIpc) is 2.42. The van der Waals surface area contributed by atoms with E-state index >= 15 is 0 Å². The molecule has 0 aromatic heterocycles. The Morgan fingerprint density at radius 1 is 1.29 bits per heavy atom. The third kappa shape index (κ3) is 1.85. The molecule has 1 atom stereocenters. The molecule has 0 bridgehead atoms. The molecule has 0 spiro atoms. The zero-order valence-electron chi connectivity index (χ0n) is 8.46. The Balaban J connectivity index is 3.01. The molecule has 1 aliphatic rings. The van der Waals surface area contributed by atoms with Crippen LogP contribution in [0.5, 0.6) is 0 Å². The summed E-state index contributed by atoms with van der Waals surface area (Å²) in [6, 6.07) is 0. The summed E-state index contributed by atoms with van der Waals surface area (Å²) in [5, 5.41) is 11.8. The molecule has 0 aromatic carbocycles. The first kappa shape index (κ1) is 10.9. The second-order valence-electron chi connectivity index (χ2n) is 3.35. The summed E-state index contributed by atoms with van der Waals surface area (Å²) in [5.41, 5.74) is 0.714. The predicted molar refractivity (Wildman–Crippen MR) is 51.4 cm³/mol. The molecule has 1 unspecified atom stereocenters. The van der Waals surface area contributed by atoms with Crippen LogP contribution in [-0.4, -0.2) is 23.0 Å². The van der Waals surface area contributed by atoms with Crippen molar-refractivity contribution in [2.75, 3.05) is 0 Å². The summed E-state index contributed by atoms with van der Waals surface area (Å²) in [6.45, 7) is 3.70. The van der Waals surface area contributed by atoms with Gasteiger partial charge in [-0.25, -0.2) is 0 Å². The first-order valence-corrected chi connectivity index (χ1v) is 4.88. The van der Waals surface area contributed by atoms with Gasteiger partial charge in [-0.1, -0.05) is 20.3 Å². The summed E-state index contributed by atoms with van der Waals surface area (Å²) in [4.78, 5) is 22.6. The van der Waals surface area contributed by atoms with Crippen LogP contribution in [0, 0.1) is 0 Å². The number of hydrogen-bond acceptors (Lipinski definition) is 3. The molecule has 14 heavy (non-hydrogen) atoms. The number of amides is 2. The lowest BCUT2D eigenvalue weighted by atomic mass is 10.00. The highest BCUT2D eigenvalue weighted by molar-refractivity contribution is 6.19. The number of rotatable bonds is 4. The molecule has 0 aliphatic carbocycles. The topological polar surface area (TPSA) is 66.4 Å². The Morgan fingerprint density at radius 3 is 2.43 bits per heavy atom. The molecule has 0 aromatic rings. The number of aliphatic hydroxyl groups excluding tert-OH is 1. The Morgan fingerprint density at radius 2 is 1.93 bits per heavy atom. The van der Waals surface area contributed by atoms with Gasteiger partial charge in [-0.2, -0.15) is 0 Å². The van der Waals surface area contributed by atoms with E-state index in [0.29, 0.717) is 18.4 Å². The average molecular weight is 197 g/mol. The Bertz CT molecular complexity index is 294. The predicted octanol–water partition coefficient (Wildman–Crippen LogP) is 0.510. The van der Waals surface area contributed by atoms with Gasteiger partial charge in [0.1, 0.15) is 0 Å². The monoisotopic (exact) mass is 197 g/mol. The van der Waals surface area contributed by atoms with Crippen LogP contribution in [0.2, 0.25) is 0 Å². The van der Waals surface area contributed by atoms with E-state index in [4.69, 9.17) is 0 Å². The molecule has 4 nitrogen and oxygen atoms in total. The minimum atomic E-state index is -0.817. The summed E-state index contributed by atoms with van der Waals surface area (Å²) >= 11 is 0. The van der Waals surface area contributed by atoms with Crippen molar-refractivity contribution in [3.8, 4) is 0 Å². The van der Waals surface area contributed by atoms with Gasteiger partial charge in [-0.3, -0.25) is 14.9 Å². The molecule has 1 heterocycles. The van der Waals surface area contributed by atoms with Gasteiger partial charge >= 0.3 is 0 Å². The standard InChI is InChI=1S/C10H15NO3/c1-3-5-6-8(7(12)4-2)10(14)11-9(6)13/h7,12H,3-5H2,1-2H3,(H,11,13,14). The van der Waals surface area contributed by atoms with E-state index in [1.165, 1.54) is 0 Å². The smallest absolute Gasteiger partial charge is 0.257 e. The molecule has 0 radical (unpaired) electrons. The number of hydrogen-bond donors (Lipinski definition) is 2. The molecule has 78 valence electrons. The van der Waals surface area contributed by atoms with Gasteiger partial charge in [-0.05, 0) is 12.8 Å². The highest BCUT2D eigenvalue weighted by Gasteiger charge is 2.32. The van der Waals surface area contributed by atoms with Crippen LogP contribution in [0.3, 0.4) is 0 Å². The molecular weight excluding hydrogens is 182 g/mol. The van der Waals surface area contributed by atoms with Gasteiger partial charge in [0.25, 0.3) is 11.8 Å². The van der Waals surface area contributed by atoms with Crippen molar-refractivity contribution >= 4 is 11.8 Å². The van der Waals surface area contributed by atoms with Crippen LogP contribution < -0.4 is 5.32 Å². The molecule has 0 saturated carbocycles. The Kier molecular flexibility index (Phi) is 3.41. The van der Waals surface area contributed by atoms with Crippen molar-refractivity contribution in [1.82, 2.24) is 5.32 Å². The lowest BCUT2D eigenvalue weighted by Crippen LogP contribution is -2.25. The lowest BCUT2D eigenvalue weighted by molar-refractivity contribution is -0.124. The van der Waals surface area contributed by atoms with Gasteiger partial charge in [0, 0.05) is 5.57 Å². The third-order valence-electron chi connectivity index (χ3n) is 2.29. The van der Waals surface area contributed by atoms with Gasteiger partial charge in [0.15, 0.2) is 0 Å². The summed E-state index contributed by atoms with van der Waals surface area (Å²) < 4.78 is 0. The maximum Gasteiger partial charge on any atom is 0.257 e. The summed E-state index contributed by atoms with van der Waals surface area (Å²) in [7, 11) is 0. The molecule has 0 fully saturated rings. The maximum atomic E-state index is 11.3.